The molecule has 0 N–H and O–H groups in total. The molecule has 0 unspecified atom stereocenters. The highest BCUT2D eigenvalue weighted by atomic mass is 19.1. The van der Waals surface area contributed by atoms with Crippen LogP contribution in [0.1, 0.15) is 30.5 Å². The van der Waals surface area contributed by atoms with Gasteiger partial charge in [0.05, 0.1) is 11.8 Å². The first kappa shape index (κ1) is 16.2. The summed E-state index contributed by atoms with van der Waals surface area (Å²) in [4.78, 5) is 14.0. The van der Waals surface area contributed by atoms with Gasteiger partial charge in [-0.1, -0.05) is 24.3 Å². The number of carbonyl (C=O) groups excluding carboxylic acids is 1. The number of halogens is 1. The smallest absolute Gasteiger partial charge is 0.240 e. The summed E-state index contributed by atoms with van der Waals surface area (Å²) < 4.78 is 13.1. The number of rotatable bonds is 3. The minimum absolute atomic E-state index is 0.103. The van der Waals surface area contributed by atoms with Crippen LogP contribution >= 0.6 is 0 Å². The molecule has 0 spiro atoms. The van der Waals surface area contributed by atoms with Crippen LogP contribution in [0.15, 0.2) is 53.6 Å². The van der Waals surface area contributed by atoms with E-state index in [0.29, 0.717) is 6.42 Å². The Bertz CT molecular complexity index is 766. The first-order valence-electron chi connectivity index (χ1n) is 7.86. The van der Waals surface area contributed by atoms with Gasteiger partial charge >= 0.3 is 0 Å². The van der Waals surface area contributed by atoms with Crippen molar-refractivity contribution >= 4 is 17.3 Å². The lowest BCUT2D eigenvalue weighted by molar-refractivity contribution is -0.130. The molecule has 0 saturated heterocycles. The van der Waals surface area contributed by atoms with Gasteiger partial charge in [-0.25, -0.2) is 9.40 Å². The molecule has 4 nitrogen and oxygen atoms in total. The number of amides is 1. The molecule has 0 saturated carbocycles. The predicted octanol–water partition coefficient (Wildman–Crippen LogP) is 3.59. The molecule has 5 heteroatoms. The summed E-state index contributed by atoms with van der Waals surface area (Å²) in [6.45, 7) is 1.51. The van der Waals surface area contributed by atoms with Crippen LogP contribution in [-0.2, 0) is 4.79 Å². The first-order valence-corrected chi connectivity index (χ1v) is 7.86. The monoisotopic (exact) mass is 325 g/mol. The maximum absolute atomic E-state index is 13.1. The molecule has 1 heterocycles. The molecule has 3 rings (SSSR count). The van der Waals surface area contributed by atoms with Crippen molar-refractivity contribution in [3.63, 3.8) is 0 Å². The van der Waals surface area contributed by atoms with E-state index in [9.17, 15) is 9.18 Å². The van der Waals surface area contributed by atoms with Gasteiger partial charge in [0.25, 0.3) is 0 Å². The number of carbonyl (C=O) groups is 1. The number of hydrazone groups is 1. The SMILES string of the molecule is CC(=O)N1N=C(c2ccc(F)cc2)C[C@@H]1c1ccc(N(C)C)cc1. The Morgan fingerprint density at radius 1 is 1.12 bits per heavy atom. The second-order valence-electron chi connectivity index (χ2n) is 6.12. The van der Waals surface area contributed by atoms with Gasteiger partial charge in [0.15, 0.2) is 0 Å². The average Bonchev–Trinajstić information content (AvgIpc) is 3.01. The second kappa shape index (κ2) is 6.43. The summed E-state index contributed by atoms with van der Waals surface area (Å²) in [5.74, 6) is -0.384. The molecule has 1 aliphatic rings. The van der Waals surface area contributed by atoms with Crippen molar-refractivity contribution in [1.29, 1.82) is 0 Å². The van der Waals surface area contributed by atoms with Crippen molar-refractivity contribution < 1.29 is 9.18 Å². The van der Waals surface area contributed by atoms with E-state index in [2.05, 4.69) is 5.10 Å². The molecule has 0 radical (unpaired) electrons. The minimum atomic E-state index is -0.281. The Kier molecular flexibility index (Phi) is 4.34. The van der Waals surface area contributed by atoms with E-state index < -0.39 is 0 Å². The Morgan fingerprint density at radius 2 is 1.75 bits per heavy atom. The van der Waals surface area contributed by atoms with E-state index in [0.717, 1.165) is 22.5 Å². The number of nitrogens with zero attached hydrogens (tertiary/aromatic N) is 3. The van der Waals surface area contributed by atoms with Crippen LogP contribution < -0.4 is 4.90 Å². The third-order valence-electron chi connectivity index (χ3n) is 4.20. The number of hydrogen-bond donors (Lipinski definition) is 0. The predicted molar refractivity (Wildman–Crippen MR) is 93.6 cm³/mol. The van der Waals surface area contributed by atoms with Crippen LogP contribution in [0.2, 0.25) is 0 Å². The third-order valence-corrected chi connectivity index (χ3v) is 4.20. The van der Waals surface area contributed by atoms with E-state index in [-0.39, 0.29) is 17.8 Å². The first-order chi connectivity index (χ1) is 11.5. The fourth-order valence-electron chi connectivity index (χ4n) is 2.87. The van der Waals surface area contributed by atoms with Crippen LogP contribution in [0.3, 0.4) is 0 Å². The summed E-state index contributed by atoms with van der Waals surface area (Å²) in [5.41, 5.74) is 3.78. The Morgan fingerprint density at radius 3 is 2.29 bits per heavy atom. The van der Waals surface area contributed by atoms with Crippen LogP contribution in [0.25, 0.3) is 0 Å². The molecule has 0 aromatic heterocycles. The van der Waals surface area contributed by atoms with Gasteiger partial charge in [0.1, 0.15) is 5.82 Å². The molecular formula is C19H20FN3O. The van der Waals surface area contributed by atoms with E-state index in [4.69, 9.17) is 0 Å². The maximum Gasteiger partial charge on any atom is 0.240 e. The van der Waals surface area contributed by atoms with E-state index in [1.807, 2.05) is 43.3 Å². The number of hydrogen-bond acceptors (Lipinski definition) is 3. The lowest BCUT2D eigenvalue weighted by atomic mass is 9.98. The molecule has 0 bridgehead atoms. The zero-order valence-electron chi connectivity index (χ0n) is 14.0. The van der Waals surface area contributed by atoms with Crippen molar-refractivity contribution in [3.8, 4) is 0 Å². The Balaban J connectivity index is 1.89. The van der Waals surface area contributed by atoms with Crippen molar-refractivity contribution in [2.75, 3.05) is 19.0 Å². The van der Waals surface area contributed by atoms with Crippen LogP contribution in [0, 0.1) is 5.82 Å². The quantitative estimate of drug-likeness (QED) is 0.864. The van der Waals surface area contributed by atoms with Crippen molar-refractivity contribution in [2.45, 2.75) is 19.4 Å². The standard InChI is InChI=1S/C19H20FN3O/c1-13(24)23-19(15-6-10-17(11-7-15)22(2)3)12-18(21-23)14-4-8-16(20)9-5-14/h4-11,19H,12H2,1-3H3/t19-/m1/s1. The van der Waals surface area contributed by atoms with Gasteiger partial charge < -0.3 is 4.90 Å². The van der Waals surface area contributed by atoms with Crippen LogP contribution in [0.5, 0.6) is 0 Å². The Hall–Kier alpha value is -2.69. The minimum Gasteiger partial charge on any atom is -0.378 e. The molecule has 0 aliphatic carbocycles. The van der Waals surface area contributed by atoms with Crippen LogP contribution in [0.4, 0.5) is 10.1 Å². The molecule has 1 atom stereocenters. The normalized spacial score (nSPS) is 16.9. The highest BCUT2D eigenvalue weighted by Crippen LogP contribution is 2.33. The van der Waals surface area contributed by atoms with Gasteiger partial charge in [-0.15, -0.1) is 0 Å². The van der Waals surface area contributed by atoms with Crippen molar-refractivity contribution in [2.24, 2.45) is 5.10 Å². The van der Waals surface area contributed by atoms with E-state index in [1.54, 1.807) is 12.1 Å². The summed E-state index contributed by atoms with van der Waals surface area (Å²) in [5, 5.41) is 5.99. The van der Waals surface area contributed by atoms with Gasteiger partial charge in [-0.3, -0.25) is 4.79 Å². The highest BCUT2D eigenvalue weighted by Gasteiger charge is 2.31. The van der Waals surface area contributed by atoms with Crippen molar-refractivity contribution in [3.05, 3.63) is 65.5 Å². The zero-order valence-corrected chi connectivity index (χ0v) is 14.0. The summed E-state index contributed by atoms with van der Waals surface area (Å²) >= 11 is 0. The van der Waals surface area contributed by atoms with Gasteiger partial charge in [0, 0.05) is 33.1 Å². The van der Waals surface area contributed by atoms with Crippen LogP contribution in [-0.4, -0.2) is 30.7 Å². The number of anilines is 1. The molecule has 2 aromatic carbocycles. The largest absolute Gasteiger partial charge is 0.378 e. The van der Waals surface area contributed by atoms with Gasteiger partial charge in [-0.2, -0.15) is 5.10 Å². The van der Waals surface area contributed by atoms with Gasteiger partial charge in [-0.05, 0) is 35.4 Å². The molecule has 0 fully saturated rings. The van der Waals surface area contributed by atoms with E-state index >= 15 is 0 Å². The molecule has 1 aliphatic heterocycles. The summed E-state index contributed by atoms with van der Waals surface area (Å²) in [6.07, 6.45) is 0.618. The summed E-state index contributed by atoms with van der Waals surface area (Å²) in [7, 11) is 3.98. The van der Waals surface area contributed by atoms with Gasteiger partial charge in [0.2, 0.25) is 5.91 Å². The highest BCUT2D eigenvalue weighted by molar-refractivity contribution is 6.03. The fraction of sp³-hybridized carbons (Fsp3) is 0.263. The third kappa shape index (κ3) is 3.15. The molecule has 24 heavy (non-hydrogen) atoms. The molecular weight excluding hydrogens is 305 g/mol. The lowest BCUT2D eigenvalue weighted by Gasteiger charge is -2.21. The Labute approximate surface area is 141 Å². The average molecular weight is 325 g/mol. The summed E-state index contributed by atoms with van der Waals surface area (Å²) in [6, 6.07) is 14.2. The van der Waals surface area contributed by atoms with E-state index in [1.165, 1.54) is 24.1 Å². The maximum atomic E-state index is 13.1. The molecule has 124 valence electrons. The fourth-order valence-corrected chi connectivity index (χ4v) is 2.87. The topological polar surface area (TPSA) is 35.9 Å². The zero-order chi connectivity index (χ0) is 17.3. The second-order valence-corrected chi connectivity index (χ2v) is 6.12. The van der Waals surface area contributed by atoms with Crippen molar-refractivity contribution in [1.82, 2.24) is 5.01 Å². The molecule has 2 aromatic rings. The number of benzene rings is 2. The lowest BCUT2D eigenvalue weighted by Crippen LogP contribution is -2.24. The molecule has 1 amide bonds.